The topological polar surface area (TPSA) is 41.6 Å². The van der Waals surface area contributed by atoms with Crippen LogP contribution in [0.5, 0.6) is 5.75 Å². The highest BCUT2D eigenvalue weighted by Gasteiger charge is 2.25. The fourth-order valence-corrected chi connectivity index (χ4v) is 3.34. The molecule has 0 unspecified atom stereocenters. The Morgan fingerprint density at radius 1 is 1.33 bits per heavy atom. The highest BCUT2D eigenvalue weighted by Crippen LogP contribution is 2.27. The average molecular weight is 332 g/mol. The maximum absolute atomic E-state index is 12.8. The summed E-state index contributed by atoms with van der Waals surface area (Å²) < 4.78 is 5.95. The van der Waals surface area contributed by atoms with E-state index in [1.54, 1.807) is 0 Å². The van der Waals surface area contributed by atoms with Crippen molar-refractivity contribution in [1.82, 2.24) is 10.2 Å². The minimum absolute atomic E-state index is 0.111. The van der Waals surface area contributed by atoms with E-state index < -0.39 is 0 Å². The number of nitrogens with one attached hydrogen (secondary N) is 1. The molecule has 0 atom stereocenters. The number of piperidine rings is 1. The normalized spacial score (nSPS) is 15.5. The zero-order valence-electron chi connectivity index (χ0n) is 15.6. The minimum Gasteiger partial charge on any atom is -0.483 e. The smallest absolute Gasteiger partial charge is 0.260 e. The minimum atomic E-state index is 0.111. The van der Waals surface area contributed by atoms with Crippen molar-refractivity contribution in [2.75, 3.05) is 26.2 Å². The van der Waals surface area contributed by atoms with Crippen LogP contribution in [0.2, 0.25) is 0 Å². The Labute approximate surface area is 146 Å². The van der Waals surface area contributed by atoms with Crippen LogP contribution in [0.25, 0.3) is 0 Å². The molecule has 4 heteroatoms. The molecule has 1 aromatic rings. The van der Waals surface area contributed by atoms with Crippen molar-refractivity contribution in [3.8, 4) is 5.75 Å². The second-order valence-electron chi connectivity index (χ2n) is 7.05. The molecule has 1 amide bonds. The quantitative estimate of drug-likeness (QED) is 0.831. The van der Waals surface area contributed by atoms with Crippen LogP contribution in [0.1, 0.15) is 57.1 Å². The van der Waals surface area contributed by atoms with Crippen LogP contribution in [0, 0.1) is 6.92 Å². The third kappa shape index (κ3) is 4.97. The zero-order chi connectivity index (χ0) is 17.5. The summed E-state index contributed by atoms with van der Waals surface area (Å²) in [6.07, 6.45) is 3.05. The summed E-state index contributed by atoms with van der Waals surface area (Å²) in [7, 11) is 0. The van der Waals surface area contributed by atoms with Crippen LogP contribution in [-0.2, 0) is 4.79 Å². The van der Waals surface area contributed by atoms with Crippen LogP contribution in [0.3, 0.4) is 0 Å². The molecule has 0 aromatic heterocycles. The van der Waals surface area contributed by atoms with Crippen molar-refractivity contribution >= 4 is 5.91 Å². The van der Waals surface area contributed by atoms with Crippen LogP contribution in [-0.4, -0.2) is 43.1 Å². The molecule has 134 valence electrons. The highest BCUT2D eigenvalue weighted by molar-refractivity contribution is 5.78. The maximum Gasteiger partial charge on any atom is 0.260 e. The fraction of sp³-hybridized carbons (Fsp3) is 0.650. The third-order valence-electron chi connectivity index (χ3n) is 4.68. The van der Waals surface area contributed by atoms with Crippen LogP contribution >= 0.6 is 0 Å². The summed E-state index contributed by atoms with van der Waals surface area (Å²) in [5, 5.41) is 3.37. The van der Waals surface area contributed by atoms with Gasteiger partial charge in [0.2, 0.25) is 0 Å². The first-order valence-electron chi connectivity index (χ1n) is 9.26. The summed E-state index contributed by atoms with van der Waals surface area (Å²) in [4.78, 5) is 14.8. The molecule has 1 fully saturated rings. The Hall–Kier alpha value is -1.55. The summed E-state index contributed by atoms with van der Waals surface area (Å²) in [6.45, 7) is 11.4. The largest absolute Gasteiger partial charge is 0.483 e. The Morgan fingerprint density at radius 2 is 2.04 bits per heavy atom. The summed E-state index contributed by atoms with van der Waals surface area (Å²) in [5.74, 6) is 1.34. The van der Waals surface area contributed by atoms with Crippen molar-refractivity contribution in [3.63, 3.8) is 0 Å². The van der Waals surface area contributed by atoms with Gasteiger partial charge in [-0.05, 0) is 62.4 Å². The lowest BCUT2D eigenvalue weighted by Gasteiger charge is -2.34. The van der Waals surface area contributed by atoms with E-state index >= 15 is 0 Å². The van der Waals surface area contributed by atoms with Gasteiger partial charge in [-0.2, -0.15) is 0 Å². The maximum atomic E-state index is 12.8. The SMILES string of the molecule is CCCN(C(=O)COc1cc(C)ccc1C(C)C)C1CCNCC1. The van der Waals surface area contributed by atoms with Gasteiger partial charge in [0.1, 0.15) is 5.75 Å². The number of benzene rings is 1. The molecular formula is C20H32N2O2. The van der Waals surface area contributed by atoms with Gasteiger partial charge in [-0.15, -0.1) is 0 Å². The monoisotopic (exact) mass is 332 g/mol. The van der Waals surface area contributed by atoms with Crippen molar-refractivity contribution in [2.24, 2.45) is 0 Å². The first kappa shape index (κ1) is 18.8. The molecule has 24 heavy (non-hydrogen) atoms. The molecule has 1 aliphatic rings. The fourth-order valence-electron chi connectivity index (χ4n) is 3.34. The molecule has 0 spiro atoms. The molecule has 1 heterocycles. The predicted octanol–water partition coefficient (Wildman–Crippen LogP) is 3.49. The highest BCUT2D eigenvalue weighted by atomic mass is 16.5. The van der Waals surface area contributed by atoms with Gasteiger partial charge in [0.05, 0.1) is 0 Å². The van der Waals surface area contributed by atoms with Gasteiger partial charge >= 0.3 is 0 Å². The lowest BCUT2D eigenvalue weighted by atomic mass is 10.0. The third-order valence-corrected chi connectivity index (χ3v) is 4.68. The van der Waals surface area contributed by atoms with E-state index in [0.717, 1.165) is 55.8 Å². The molecule has 1 aliphatic heterocycles. The van der Waals surface area contributed by atoms with Crippen LogP contribution in [0.4, 0.5) is 0 Å². The molecule has 0 aliphatic carbocycles. The lowest BCUT2D eigenvalue weighted by Crippen LogP contribution is -2.48. The van der Waals surface area contributed by atoms with E-state index in [2.05, 4.69) is 45.1 Å². The van der Waals surface area contributed by atoms with Gasteiger partial charge < -0.3 is 15.0 Å². The Balaban J connectivity index is 2.03. The van der Waals surface area contributed by atoms with E-state index in [4.69, 9.17) is 4.74 Å². The van der Waals surface area contributed by atoms with E-state index in [9.17, 15) is 4.79 Å². The van der Waals surface area contributed by atoms with Gasteiger partial charge in [0, 0.05) is 12.6 Å². The van der Waals surface area contributed by atoms with E-state index in [-0.39, 0.29) is 12.5 Å². The van der Waals surface area contributed by atoms with Gasteiger partial charge in [-0.3, -0.25) is 4.79 Å². The van der Waals surface area contributed by atoms with Crippen molar-refractivity contribution in [1.29, 1.82) is 0 Å². The first-order chi connectivity index (χ1) is 11.5. The van der Waals surface area contributed by atoms with Crippen LogP contribution in [0.15, 0.2) is 18.2 Å². The summed E-state index contributed by atoms with van der Waals surface area (Å²) in [6, 6.07) is 6.60. The van der Waals surface area contributed by atoms with Crippen molar-refractivity contribution < 1.29 is 9.53 Å². The lowest BCUT2D eigenvalue weighted by molar-refractivity contribution is -0.136. The molecule has 1 N–H and O–H groups in total. The first-order valence-corrected chi connectivity index (χ1v) is 9.26. The number of hydrogen-bond acceptors (Lipinski definition) is 3. The number of ether oxygens (including phenoxy) is 1. The molecular weight excluding hydrogens is 300 g/mol. The van der Waals surface area contributed by atoms with Gasteiger partial charge in [-0.25, -0.2) is 0 Å². The number of carbonyl (C=O) groups is 1. The van der Waals surface area contributed by atoms with E-state index in [1.807, 2.05) is 11.0 Å². The molecule has 1 saturated heterocycles. The van der Waals surface area contributed by atoms with E-state index in [0.29, 0.717) is 12.0 Å². The molecule has 0 saturated carbocycles. The van der Waals surface area contributed by atoms with Crippen molar-refractivity contribution in [2.45, 2.75) is 58.9 Å². The zero-order valence-corrected chi connectivity index (χ0v) is 15.6. The standard InChI is InChI=1S/C20H32N2O2/c1-5-12-22(17-8-10-21-11-9-17)20(23)14-24-19-13-16(4)6-7-18(19)15(2)3/h6-7,13,15,17,21H,5,8-12,14H2,1-4H3. The number of amides is 1. The Kier molecular flexibility index (Phi) is 7.10. The number of carbonyl (C=O) groups excluding carboxylic acids is 1. The Bertz CT molecular complexity index is 536. The van der Waals surface area contributed by atoms with Gasteiger partial charge in [0.15, 0.2) is 6.61 Å². The number of nitrogens with zero attached hydrogens (tertiary/aromatic N) is 1. The second-order valence-corrected chi connectivity index (χ2v) is 7.05. The molecule has 0 bridgehead atoms. The van der Waals surface area contributed by atoms with Crippen molar-refractivity contribution in [3.05, 3.63) is 29.3 Å². The number of aryl methyl sites for hydroxylation is 1. The van der Waals surface area contributed by atoms with Gasteiger partial charge in [-0.1, -0.05) is 32.9 Å². The van der Waals surface area contributed by atoms with Gasteiger partial charge in [0.25, 0.3) is 5.91 Å². The number of hydrogen-bond donors (Lipinski definition) is 1. The Morgan fingerprint density at radius 3 is 2.67 bits per heavy atom. The second kappa shape index (κ2) is 9.07. The molecule has 4 nitrogen and oxygen atoms in total. The number of rotatable bonds is 7. The molecule has 2 rings (SSSR count). The summed E-state index contributed by atoms with van der Waals surface area (Å²) in [5.41, 5.74) is 2.32. The molecule has 1 aromatic carbocycles. The predicted molar refractivity (Wildman–Crippen MR) is 98.7 cm³/mol. The van der Waals surface area contributed by atoms with E-state index in [1.165, 1.54) is 0 Å². The average Bonchev–Trinajstić information content (AvgIpc) is 2.58. The molecule has 0 radical (unpaired) electrons. The van der Waals surface area contributed by atoms with Crippen LogP contribution < -0.4 is 10.1 Å². The summed E-state index contributed by atoms with van der Waals surface area (Å²) >= 11 is 0.